The molecule has 0 saturated carbocycles. The third-order valence-electron chi connectivity index (χ3n) is 3.07. The van der Waals surface area contributed by atoms with Crippen molar-refractivity contribution in [3.63, 3.8) is 0 Å². The van der Waals surface area contributed by atoms with E-state index in [1.807, 2.05) is 0 Å². The Morgan fingerprint density at radius 1 is 1.38 bits per heavy atom. The highest BCUT2D eigenvalue weighted by atomic mass is 79.9. The summed E-state index contributed by atoms with van der Waals surface area (Å²) in [4.78, 5) is 13.7. The molecule has 0 fully saturated rings. The number of alkyl halides is 3. The lowest BCUT2D eigenvalue weighted by Crippen LogP contribution is -2.21. The van der Waals surface area contributed by atoms with Crippen molar-refractivity contribution < 1.29 is 23.1 Å². The number of benzene rings is 1. The minimum absolute atomic E-state index is 0.644. The van der Waals surface area contributed by atoms with E-state index in [1.54, 1.807) is 0 Å². The third-order valence-corrected chi connectivity index (χ3v) is 3.56. The third kappa shape index (κ3) is 5.81. The molecule has 0 spiro atoms. The minimum Gasteiger partial charge on any atom is -0.475 e. The van der Waals surface area contributed by atoms with E-state index in [-0.39, 0.29) is 0 Å². The van der Waals surface area contributed by atoms with E-state index in [4.69, 9.17) is 14.9 Å². The molecular weight excluding hydrogens is 389 g/mol. The van der Waals surface area contributed by atoms with E-state index in [0.717, 1.165) is 29.4 Å². The Labute approximate surface area is 146 Å². The summed E-state index contributed by atoms with van der Waals surface area (Å²) in [5.41, 5.74) is 2.36. The van der Waals surface area contributed by atoms with Crippen molar-refractivity contribution in [2.75, 3.05) is 0 Å². The molecule has 2 aromatic rings. The van der Waals surface area contributed by atoms with E-state index in [0.29, 0.717) is 5.92 Å². The number of carboxylic acid groups (broad SMARTS) is 1. The van der Waals surface area contributed by atoms with Crippen LogP contribution in [0.4, 0.5) is 13.2 Å². The van der Waals surface area contributed by atoms with Crippen LogP contribution in [0.5, 0.6) is 0 Å². The van der Waals surface area contributed by atoms with Crippen LogP contribution < -0.4 is 0 Å². The Hall–Kier alpha value is -1.57. The Balaban J connectivity index is 0.000000351. The zero-order chi connectivity index (χ0) is 18.5. The first-order valence-corrected chi connectivity index (χ1v) is 8.30. The number of aryl methyl sites for hydroxylation is 1. The standard InChI is InChI=1S/C14H19BrN2.C2HF3O2/c1-4-7-17-13-6-5-11(15)9-12(13)16-14(17)8-10(2)3;3-2(4,5)1(6)7/h5-6,9-10H,4,7-8H2,1-3H3;(H,6,7). The fourth-order valence-corrected chi connectivity index (χ4v) is 2.50. The van der Waals surface area contributed by atoms with E-state index in [2.05, 4.69) is 59.5 Å². The molecule has 1 aromatic heterocycles. The van der Waals surface area contributed by atoms with Gasteiger partial charge in [-0.15, -0.1) is 0 Å². The molecule has 24 heavy (non-hydrogen) atoms. The highest BCUT2D eigenvalue weighted by molar-refractivity contribution is 9.10. The number of hydrogen-bond acceptors (Lipinski definition) is 2. The quantitative estimate of drug-likeness (QED) is 0.770. The van der Waals surface area contributed by atoms with Gasteiger partial charge in [0.15, 0.2) is 0 Å². The molecule has 1 aromatic carbocycles. The van der Waals surface area contributed by atoms with Gasteiger partial charge in [-0.05, 0) is 30.5 Å². The van der Waals surface area contributed by atoms with Crippen molar-refractivity contribution in [2.24, 2.45) is 5.92 Å². The lowest BCUT2D eigenvalue weighted by Gasteiger charge is -2.09. The fourth-order valence-electron chi connectivity index (χ4n) is 2.15. The van der Waals surface area contributed by atoms with Crippen LogP contribution in [0.2, 0.25) is 0 Å². The van der Waals surface area contributed by atoms with Gasteiger partial charge in [-0.3, -0.25) is 0 Å². The molecule has 0 saturated heterocycles. The van der Waals surface area contributed by atoms with Crippen molar-refractivity contribution >= 4 is 32.9 Å². The predicted octanol–water partition coefficient (Wildman–Crippen LogP) is 5.04. The summed E-state index contributed by atoms with van der Waals surface area (Å²) in [5, 5.41) is 7.12. The molecule has 0 aliphatic rings. The summed E-state index contributed by atoms with van der Waals surface area (Å²) in [6.45, 7) is 7.75. The zero-order valence-corrected chi connectivity index (χ0v) is 15.3. The van der Waals surface area contributed by atoms with Gasteiger partial charge in [0.1, 0.15) is 5.82 Å². The molecular formula is C16H20BrF3N2O2. The zero-order valence-electron chi connectivity index (χ0n) is 13.7. The maximum absolute atomic E-state index is 10.6. The first kappa shape index (κ1) is 20.5. The van der Waals surface area contributed by atoms with E-state index < -0.39 is 12.1 Å². The predicted molar refractivity (Wildman–Crippen MR) is 90.0 cm³/mol. The average molecular weight is 409 g/mol. The number of aliphatic carboxylic acids is 1. The van der Waals surface area contributed by atoms with Crippen LogP contribution in [-0.4, -0.2) is 26.8 Å². The molecule has 0 unspecified atom stereocenters. The fraction of sp³-hybridized carbons (Fsp3) is 0.500. The number of hydrogen-bond donors (Lipinski definition) is 1. The van der Waals surface area contributed by atoms with Crippen LogP contribution in [-0.2, 0) is 17.8 Å². The van der Waals surface area contributed by atoms with Crippen LogP contribution >= 0.6 is 15.9 Å². The number of nitrogens with zero attached hydrogens (tertiary/aromatic N) is 2. The number of carboxylic acids is 1. The summed E-state index contributed by atoms with van der Waals surface area (Å²) in [6, 6.07) is 6.35. The van der Waals surface area contributed by atoms with Gasteiger partial charge in [-0.1, -0.05) is 36.7 Å². The number of imidazole rings is 1. The summed E-state index contributed by atoms with van der Waals surface area (Å²) in [7, 11) is 0. The van der Waals surface area contributed by atoms with Crippen molar-refractivity contribution in [3.8, 4) is 0 Å². The molecule has 0 aliphatic heterocycles. The summed E-state index contributed by atoms with van der Waals surface area (Å²) >= 11 is 3.51. The lowest BCUT2D eigenvalue weighted by molar-refractivity contribution is -0.192. The molecule has 134 valence electrons. The Morgan fingerprint density at radius 2 is 1.96 bits per heavy atom. The largest absolute Gasteiger partial charge is 0.490 e. The van der Waals surface area contributed by atoms with Gasteiger partial charge in [0, 0.05) is 17.4 Å². The van der Waals surface area contributed by atoms with Gasteiger partial charge in [0.2, 0.25) is 0 Å². The molecule has 0 amide bonds. The maximum Gasteiger partial charge on any atom is 0.490 e. The van der Waals surface area contributed by atoms with Gasteiger partial charge in [-0.2, -0.15) is 13.2 Å². The molecule has 0 bridgehead atoms. The van der Waals surface area contributed by atoms with Crippen LogP contribution in [0.25, 0.3) is 11.0 Å². The summed E-state index contributed by atoms with van der Waals surface area (Å²) in [5.74, 6) is -0.895. The Bertz CT molecular complexity index is 696. The van der Waals surface area contributed by atoms with Gasteiger partial charge < -0.3 is 9.67 Å². The van der Waals surface area contributed by atoms with Crippen LogP contribution in [0, 0.1) is 5.92 Å². The van der Waals surface area contributed by atoms with Gasteiger partial charge in [-0.25, -0.2) is 9.78 Å². The molecule has 0 aliphatic carbocycles. The number of fused-ring (bicyclic) bond motifs is 1. The molecule has 1 heterocycles. The molecule has 0 radical (unpaired) electrons. The highest BCUT2D eigenvalue weighted by Gasteiger charge is 2.38. The number of halogens is 4. The Kier molecular flexibility index (Phi) is 7.26. The number of rotatable bonds is 4. The summed E-state index contributed by atoms with van der Waals surface area (Å²) in [6.07, 6.45) is -2.89. The van der Waals surface area contributed by atoms with E-state index in [1.165, 1.54) is 11.3 Å². The van der Waals surface area contributed by atoms with Crippen molar-refractivity contribution in [1.29, 1.82) is 0 Å². The number of aromatic nitrogens is 2. The first-order valence-electron chi connectivity index (χ1n) is 7.51. The second-order valence-electron chi connectivity index (χ2n) is 5.71. The highest BCUT2D eigenvalue weighted by Crippen LogP contribution is 2.22. The van der Waals surface area contributed by atoms with Crippen LogP contribution in [0.1, 0.15) is 33.0 Å². The van der Waals surface area contributed by atoms with E-state index >= 15 is 0 Å². The van der Waals surface area contributed by atoms with Crippen molar-refractivity contribution in [3.05, 3.63) is 28.5 Å². The second kappa shape index (κ2) is 8.50. The van der Waals surface area contributed by atoms with Crippen LogP contribution in [0.15, 0.2) is 22.7 Å². The molecule has 4 nitrogen and oxygen atoms in total. The summed E-state index contributed by atoms with van der Waals surface area (Å²) < 4.78 is 35.2. The SMILES string of the molecule is CCCn1c(CC(C)C)nc2cc(Br)ccc21.O=C(O)C(F)(F)F. The maximum atomic E-state index is 10.6. The monoisotopic (exact) mass is 408 g/mol. The number of carbonyl (C=O) groups is 1. The van der Waals surface area contributed by atoms with Crippen LogP contribution in [0.3, 0.4) is 0 Å². The Morgan fingerprint density at radius 3 is 2.42 bits per heavy atom. The average Bonchev–Trinajstić information content (AvgIpc) is 2.75. The lowest BCUT2D eigenvalue weighted by atomic mass is 10.1. The van der Waals surface area contributed by atoms with Gasteiger partial charge in [0.05, 0.1) is 11.0 Å². The first-order chi connectivity index (χ1) is 11.1. The topological polar surface area (TPSA) is 55.1 Å². The normalized spacial score (nSPS) is 11.5. The molecule has 1 N–H and O–H groups in total. The molecule has 2 rings (SSSR count). The smallest absolute Gasteiger partial charge is 0.475 e. The van der Waals surface area contributed by atoms with Crippen molar-refractivity contribution in [2.45, 2.75) is 46.3 Å². The van der Waals surface area contributed by atoms with Gasteiger partial charge >= 0.3 is 12.1 Å². The molecule has 0 atom stereocenters. The van der Waals surface area contributed by atoms with Gasteiger partial charge in [0.25, 0.3) is 0 Å². The minimum atomic E-state index is -5.08. The van der Waals surface area contributed by atoms with E-state index in [9.17, 15) is 13.2 Å². The van der Waals surface area contributed by atoms with Crippen molar-refractivity contribution in [1.82, 2.24) is 9.55 Å². The second-order valence-corrected chi connectivity index (χ2v) is 6.63. The molecule has 8 heteroatoms.